The van der Waals surface area contributed by atoms with Crippen LogP contribution in [0, 0.1) is 18.8 Å². The summed E-state index contributed by atoms with van der Waals surface area (Å²) in [6.45, 7) is 6.63. The van der Waals surface area contributed by atoms with E-state index in [0.29, 0.717) is 11.8 Å². The van der Waals surface area contributed by atoms with Crippen LogP contribution in [0.2, 0.25) is 0 Å². The fourth-order valence-electron chi connectivity index (χ4n) is 2.99. The number of aliphatic hydroxyl groups is 1. The van der Waals surface area contributed by atoms with E-state index in [-0.39, 0.29) is 0 Å². The van der Waals surface area contributed by atoms with Gasteiger partial charge in [0.2, 0.25) is 0 Å². The minimum atomic E-state index is -0.582. The Labute approximate surface area is 105 Å². The summed E-state index contributed by atoms with van der Waals surface area (Å²) in [7, 11) is 0. The average Bonchev–Trinajstić information content (AvgIpc) is 2.29. The highest BCUT2D eigenvalue weighted by Crippen LogP contribution is 2.42. The molecule has 2 rings (SSSR count). The molecule has 1 heteroatoms. The molecule has 1 aliphatic carbocycles. The molecule has 2 atom stereocenters. The van der Waals surface area contributed by atoms with E-state index in [1.807, 2.05) is 0 Å². The topological polar surface area (TPSA) is 20.2 Å². The van der Waals surface area contributed by atoms with Crippen molar-refractivity contribution < 1.29 is 5.11 Å². The van der Waals surface area contributed by atoms with Crippen molar-refractivity contribution in [3.05, 3.63) is 35.4 Å². The van der Waals surface area contributed by atoms with Gasteiger partial charge in [0, 0.05) is 0 Å². The Hall–Kier alpha value is -0.820. The van der Waals surface area contributed by atoms with Crippen LogP contribution in [0.15, 0.2) is 24.3 Å². The minimum Gasteiger partial charge on any atom is -0.385 e. The van der Waals surface area contributed by atoms with Gasteiger partial charge in [-0.3, -0.25) is 0 Å². The van der Waals surface area contributed by atoms with E-state index in [0.717, 1.165) is 24.8 Å². The van der Waals surface area contributed by atoms with Crippen LogP contribution in [0.25, 0.3) is 0 Å². The molecule has 0 aromatic heterocycles. The summed E-state index contributed by atoms with van der Waals surface area (Å²) >= 11 is 0. The zero-order valence-corrected chi connectivity index (χ0v) is 11.2. The van der Waals surface area contributed by atoms with Gasteiger partial charge in [-0.1, -0.05) is 43.7 Å². The lowest BCUT2D eigenvalue weighted by atomic mass is 9.71. The molecule has 1 aromatic rings. The lowest BCUT2D eigenvalue weighted by Crippen LogP contribution is -2.34. The normalized spacial score (nSPS) is 29.6. The van der Waals surface area contributed by atoms with Gasteiger partial charge in [-0.15, -0.1) is 0 Å². The van der Waals surface area contributed by atoms with E-state index in [1.165, 1.54) is 12.0 Å². The summed E-state index contributed by atoms with van der Waals surface area (Å²) in [4.78, 5) is 0. The van der Waals surface area contributed by atoms with Crippen LogP contribution >= 0.6 is 0 Å². The van der Waals surface area contributed by atoms with E-state index in [1.54, 1.807) is 0 Å². The second kappa shape index (κ2) is 4.81. The van der Waals surface area contributed by atoms with Crippen LogP contribution in [0.1, 0.15) is 50.7 Å². The first-order valence-electron chi connectivity index (χ1n) is 6.81. The van der Waals surface area contributed by atoms with Crippen LogP contribution < -0.4 is 0 Å². The molecule has 17 heavy (non-hydrogen) atoms. The molecule has 1 fully saturated rings. The fourth-order valence-corrected chi connectivity index (χ4v) is 2.99. The minimum absolute atomic E-state index is 0.582. The van der Waals surface area contributed by atoms with Gasteiger partial charge in [-0.2, -0.15) is 0 Å². The molecule has 0 spiro atoms. The highest BCUT2D eigenvalue weighted by atomic mass is 16.3. The van der Waals surface area contributed by atoms with Crippen LogP contribution in [-0.4, -0.2) is 5.11 Å². The van der Waals surface area contributed by atoms with Gasteiger partial charge >= 0.3 is 0 Å². The van der Waals surface area contributed by atoms with Crippen molar-refractivity contribution in [2.24, 2.45) is 11.8 Å². The van der Waals surface area contributed by atoms with Gasteiger partial charge in [0.15, 0.2) is 0 Å². The smallest absolute Gasteiger partial charge is 0.0899 e. The molecule has 1 aliphatic rings. The molecular formula is C16H24O. The van der Waals surface area contributed by atoms with Gasteiger partial charge in [0.1, 0.15) is 0 Å². The molecule has 0 radical (unpaired) electrons. The van der Waals surface area contributed by atoms with Crippen molar-refractivity contribution in [3.8, 4) is 0 Å². The van der Waals surface area contributed by atoms with Gasteiger partial charge in [0.05, 0.1) is 5.60 Å². The number of rotatable bonds is 2. The maximum atomic E-state index is 10.9. The first-order chi connectivity index (χ1) is 8.01. The molecule has 1 nitrogen and oxygen atoms in total. The summed E-state index contributed by atoms with van der Waals surface area (Å²) < 4.78 is 0. The zero-order chi connectivity index (χ0) is 12.5. The second-order valence-electron chi connectivity index (χ2n) is 6.00. The summed E-state index contributed by atoms with van der Waals surface area (Å²) in [6, 6.07) is 8.40. The quantitative estimate of drug-likeness (QED) is 0.816. The summed E-state index contributed by atoms with van der Waals surface area (Å²) in [5, 5.41) is 10.9. The van der Waals surface area contributed by atoms with Crippen molar-refractivity contribution in [2.75, 3.05) is 0 Å². The summed E-state index contributed by atoms with van der Waals surface area (Å²) in [5.74, 6) is 1.34. The van der Waals surface area contributed by atoms with E-state index in [2.05, 4.69) is 45.0 Å². The molecule has 1 aromatic carbocycles. The lowest BCUT2D eigenvalue weighted by molar-refractivity contribution is -0.0295. The van der Waals surface area contributed by atoms with Crippen molar-refractivity contribution in [2.45, 2.75) is 52.1 Å². The van der Waals surface area contributed by atoms with Crippen LogP contribution in [-0.2, 0) is 5.60 Å². The largest absolute Gasteiger partial charge is 0.385 e. The third-order valence-electron chi connectivity index (χ3n) is 4.30. The van der Waals surface area contributed by atoms with Gasteiger partial charge in [-0.25, -0.2) is 0 Å². The third-order valence-corrected chi connectivity index (χ3v) is 4.30. The Balaban J connectivity index is 2.20. The maximum absolute atomic E-state index is 10.9. The van der Waals surface area contributed by atoms with Crippen LogP contribution in [0.3, 0.4) is 0 Å². The Kier molecular flexibility index (Phi) is 3.58. The molecule has 0 amide bonds. The van der Waals surface area contributed by atoms with E-state index < -0.39 is 5.60 Å². The highest BCUT2D eigenvalue weighted by molar-refractivity contribution is 5.27. The SMILES string of the molecule is Cc1ccc(C2(O)CCCC(C(C)C)C2)cc1. The van der Waals surface area contributed by atoms with E-state index in [9.17, 15) is 5.11 Å². The molecule has 2 unspecified atom stereocenters. The predicted octanol–water partition coefficient (Wildman–Crippen LogP) is 4.03. The highest BCUT2D eigenvalue weighted by Gasteiger charge is 2.36. The van der Waals surface area contributed by atoms with Gasteiger partial charge in [-0.05, 0) is 50.0 Å². The van der Waals surface area contributed by atoms with Crippen molar-refractivity contribution >= 4 is 0 Å². The molecule has 1 N–H and O–H groups in total. The molecular weight excluding hydrogens is 208 g/mol. The van der Waals surface area contributed by atoms with E-state index in [4.69, 9.17) is 0 Å². The predicted molar refractivity (Wildman–Crippen MR) is 71.9 cm³/mol. The summed E-state index contributed by atoms with van der Waals surface area (Å²) in [5.41, 5.74) is 1.78. The van der Waals surface area contributed by atoms with Gasteiger partial charge < -0.3 is 5.11 Å². The Morgan fingerprint density at radius 2 is 1.88 bits per heavy atom. The second-order valence-corrected chi connectivity index (χ2v) is 6.00. The van der Waals surface area contributed by atoms with Crippen molar-refractivity contribution in [1.29, 1.82) is 0 Å². The molecule has 94 valence electrons. The number of benzene rings is 1. The van der Waals surface area contributed by atoms with E-state index >= 15 is 0 Å². The number of aryl methyl sites for hydroxylation is 1. The fraction of sp³-hybridized carbons (Fsp3) is 0.625. The van der Waals surface area contributed by atoms with Gasteiger partial charge in [0.25, 0.3) is 0 Å². The third kappa shape index (κ3) is 2.71. The average molecular weight is 232 g/mol. The standard InChI is InChI=1S/C16H24O/c1-12(2)14-5-4-10-16(17,11-14)15-8-6-13(3)7-9-15/h6-9,12,14,17H,4-5,10-11H2,1-3H3. The maximum Gasteiger partial charge on any atom is 0.0899 e. The van der Waals surface area contributed by atoms with Crippen molar-refractivity contribution in [3.63, 3.8) is 0 Å². The zero-order valence-electron chi connectivity index (χ0n) is 11.2. The Morgan fingerprint density at radius 3 is 2.47 bits per heavy atom. The molecule has 0 aliphatic heterocycles. The Bertz CT molecular complexity index is 366. The number of hydrogen-bond donors (Lipinski definition) is 1. The summed E-state index contributed by atoms with van der Waals surface area (Å²) in [6.07, 6.45) is 4.26. The lowest BCUT2D eigenvalue weighted by Gasteiger charge is -2.39. The number of hydrogen-bond acceptors (Lipinski definition) is 1. The van der Waals surface area contributed by atoms with Crippen molar-refractivity contribution in [1.82, 2.24) is 0 Å². The van der Waals surface area contributed by atoms with Crippen LogP contribution in [0.5, 0.6) is 0 Å². The first-order valence-corrected chi connectivity index (χ1v) is 6.81. The monoisotopic (exact) mass is 232 g/mol. The molecule has 0 heterocycles. The van der Waals surface area contributed by atoms with Crippen LogP contribution in [0.4, 0.5) is 0 Å². The molecule has 0 bridgehead atoms. The molecule has 0 saturated heterocycles. The first kappa shape index (κ1) is 12.6. The molecule has 1 saturated carbocycles. The Morgan fingerprint density at radius 1 is 1.24 bits per heavy atom.